The Kier molecular flexibility index (Phi) is 5.09. The largest absolute Gasteiger partial charge is 0.338 e. The molecule has 0 bridgehead atoms. The van der Waals surface area contributed by atoms with E-state index in [2.05, 4.69) is 5.32 Å². The highest BCUT2D eigenvalue weighted by Gasteiger charge is 2.20. The second-order valence-electron chi connectivity index (χ2n) is 6.80. The number of carbonyl (C=O) groups is 2. The van der Waals surface area contributed by atoms with E-state index in [4.69, 9.17) is 0 Å². The zero-order chi connectivity index (χ0) is 19.7. The fourth-order valence-electron chi connectivity index (χ4n) is 3.32. The molecule has 1 N–H and O–H groups in total. The summed E-state index contributed by atoms with van der Waals surface area (Å²) in [5, 5.41) is 3.54. The number of hydrogen-bond acceptors (Lipinski definition) is 3. The van der Waals surface area contributed by atoms with Crippen molar-refractivity contribution >= 4 is 38.9 Å². The van der Waals surface area contributed by atoms with E-state index in [0.717, 1.165) is 54.6 Å². The molecule has 2 amide bonds. The van der Waals surface area contributed by atoms with Gasteiger partial charge in [-0.25, -0.2) is 8.78 Å². The maximum atomic E-state index is 13.3. The number of amides is 2. The Balaban J connectivity index is 1.53. The number of fused-ring (bicyclic) bond motifs is 1. The van der Waals surface area contributed by atoms with E-state index in [0.29, 0.717) is 10.6 Å². The summed E-state index contributed by atoms with van der Waals surface area (Å²) >= 11 is 1.43. The molecule has 4 rings (SSSR count). The van der Waals surface area contributed by atoms with Crippen molar-refractivity contribution in [2.45, 2.75) is 19.3 Å². The zero-order valence-corrected chi connectivity index (χ0v) is 15.8. The molecule has 1 saturated heterocycles. The van der Waals surface area contributed by atoms with E-state index in [1.165, 1.54) is 17.4 Å². The number of benzene rings is 2. The molecule has 0 spiro atoms. The number of anilines is 1. The van der Waals surface area contributed by atoms with Crippen molar-refractivity contribution in [3.63, 3.8) is 0 Å². The molecule has 0 unspecified atom stereocenters. The van der Waals surface area contributed by atoms with Crippen LogP contribution in [0.25, 0.3) is 10.1 Å². The number of nitrogens with one attached hydrogen (secondary N) is 1. The van der Waals surface area contributed by atoms with Crippen LogP contribution in [0.2, 0.25) is 0 Å². The Morgan fingerprint density at radius 2 is 1.71 bits per heavy atom. The molecule has 1 aliphatic heterocycles. The Bertz CT molecular complexity index is 1060. The molecule has 7 heteroatoms. The predicted octanol–water partition coefficient (Wildman–Crippen LogP) is 5.06. The Hall–Kier alpha value is -2.80. The lowest BCUT2D eigenvalue weighted by atomic mass is 10.1. The van der Waals surface area contributed by atoms with Crippen LogP contribution in [0.4, 0.5) is 14.5 Å². The number of carbonyl (C=O) groups excluding carboxylic acids is 2. The van der Waals surface area contributed by atoms with Gasteiger partial charge < -0.3 is 10.2 Å². The monoisotopic (exact) mass is 400 g/mol. The van der Waals surface area contributed by atoms with Crippen molar-refractivity contribution in [3.05, 3.63) is 64.5 Å². The van der Waals surface area contributed by atoms with Gasteiger partial charge in [0.2, 0.25) is 0 Å². The van der Waals surface area contributed by atoms with Gasteiger partial charge in [-0.1, -0.05) is 0 Å². The van der Waals surface area contributed by atoms with Crippen molar-refractivity contribution in [3.8, 4) is 0 Å². The van der Waals surface area contributed by atoms with Gasteiger partial charge in [0.15, 0.2) is 11.6 Å². The Morgan fingerprint density at radius 1 is 0.929 bits per heavy atom. The van der Waals surface area contributed by atoms with Gasteiger partial charge in [0, 0.05) is 29.0 Å². The first kappa shape index (κ1) is 18.6. The summed E-state index contributed by atoms with van der Waals surface area (Å²) in [5.41, 5.74) is 0.558. The third kappa shape index (κ3) is 3.75. The molecule has 0 atom stereocenters. The summed E-state index contributed by atoms with van der Waals surface area (Å²) in [6, 6.07) is 10.2. The lowest BCUT2D eigenvalue weighted by molar-refractivity contribution is 0.0729. The van der Waals surface area contributed by atoms with Crippen LogP contribution in [0, 0.1) is 11.6 Å². The molecule has 0 aliphatic carbocycles. The van der Waals surface area contributed by atoms with Crippen molar-refractivity contribution in [1.29, 1.82) is 0 Å². The molecule has 0 saturated carbocycles. The molecule has 1 fully saturated rings. The van der Waals surface area contributed by atoms with Gasteiger partial charge in [0.05, 0.1) is 4.88 Å². The van der Waals surface area contributed by atoms with E-state index in [9.17, 15) is 18.4 Å². The molecule has 0 radical (unpaired) electrons. The number of hydrogen-bond donors (Lipinski definition) is 1. The van der Waals surface area contributed by atoms with Crippen molar-refractivity contribution in [2.75, 3.05) is 18.4 Å². The molecule has 1 aliphatic rings. The van der Waals surface area contributed by atoms with Crippen LogP contribution in [-0.2, 0) is 0 Å². The standard InChI is InChI=1S/C21H18F2N2O2S/c22-16-6-4-13(11-17(16)23)20(26)24-15-5-7-18-14(10-15)12-19(28-18)21(27)25-8-2-1-3-9-25/h4-7,10-12H,1-3,8-9H2,(H,24,26). The van der Waals surface area contributed by atoms with E-state index in [1.807, 2.05) is 17.0 Å². The summed E-state index contributed by atoms with van der Waals surface area (Å²) < 4.78 is 27.3. The van der Waals surface area contributed by atoms with E-state index < -0.39 is 17.5 Å². The van der Waals surface area contributed by atoms with E-state index in [-0.39, 0.29) is 11.5 Å². The predicted molar refractivity (Wildman–Crippen MR) is 106 cm³/mol. The molecule has 2 aromatic carbocycles. The van der Waals surface area contributed by atoms with Gasteiger partial charge in [0.1, 0.15) is 0 Å². The maximum absolute atomic E-state index is 13.3. The van der Waals surface area contributed by atoms with Gasteiger partial charge in [-0.3, -0.25) is 9.59 Å². The SMILES string of the molecule is O=C(Nc1ccc2sc(C(=O)N3CCCCC3)cc2c1)c1ccc(F)c(F)c1. The number of nitrogens with zero attached hydrogens (tertiary/aromatic N) is 1. The molecule has 4 nitrogen and oxygen atoms in total. The second kappa shape index (κ2) is 7.67. The average molecular weight is 400 g/mol. The first-order chi connectivity index (χ1) is 13.5. The van der Waals surface area contributed by atoms with E-state index in [1.54, 1.807) is 12.1 Å². The van der Waals surface area contributed by atoms with Crippen LogP contribution < -0.4 is 5.32 Å². The molecule has 28 heavy (non-hydrogen) atoms. The van der Waals surface area contributed by atoms with Crippen LogP contribution in [-0.4, -0.2) is 29.8 Å². The number of halogens is 2. The summed E-state index contributed by atoms with van der Waals surface area (Å²) in [7, 11) is 0. The first-order valence-electron chi connectivity index (χ1n) is 9.10. The molecule has 2 heterocycles. The van der Waals surface area contributed by atoms with Crippen LogP contribution in [0.5, 0.6) is 0 Å². The summed E-state index contributed by atoms with van der Waals surface area (Å²) in [4.78, 5) is 27.5. The van der Waals surface area contributed by atoms with Crippen molar-refractivity contribution in [1.82, 2.24) is 4.90 Å². The van der Waals surface area contributed by atoms with Gasteiger partial charge in [-0.05, 0) is 67.1 Å². The normalized spacial score (nSPS) is 14.3. The number of thiophene rings is 1. The van der Waals surface area contributed by atoms with E-state index >= 15 is 0 Å². The van der Waals surface area contributed by atoms with Crippen molar-refractivity contribution in [2.24, 2.45) is 0 Å². The van der Waals surface area contributed by atoms with Gasteiger partial charge in [-0.2, -0.15) is 0 Å². The summed E-state index contributed by atoms with van der Waals surface area (Å²) in [6.07, 6.45) is 3.24. The van der Waals surface area contributed by atoms with Gasteiger partial charge in [-0.15, -0.1) is 11.3 Å². The molecule has 1 aromatic heterocycles. The highest BCUT2D eigenvalue weighted by atomic mass is 32.1. The van der Waals surface area contributed by atoms with Crippen LogP contribution in [0.15, 0.2) is 42.5 Å². The number of rotatable bonds is 3. The molecule has 3 aromatic rings. The first-order valence-corrected chi connectivity index (χ1v) is 9.92. The third-order valence-electron chi connectivity index (χ3n) is 4.81. The average Bonchev–Trinajstić information content (AvgIpc) is 3.13. The quantitative estimate of drug-likeness (QED) is 0.668. The molecular weight excluding hydrogens is 382 g/mol. The smallest absolute Gasteiger partial charge is 0.263 e. The highest BCUT2D eigenvalue weighted by Crippen LogP contribution is 2.30. The number of likely N-dealkylation sites (tertiary alicyclic amines) is 1. The lowest BCUT2D eigenvalue weighted by Gasteiger charge is -2.26. The Morgan fingerprint density at radius 3 is 2.46 bits per heavy atom. The summed E-state index contributed by atoms with van der Waals surface area (Å²) in [6.45, 7) is 1.59. The zero-order valence-electron chi connectivity index (χ0n) is 15.0. The minimum absolute atomic E-state index is 0.0327. The molecule has 144 valence electrons. The van der Waals surface area contributed by atoms with Crippen LogP contribution in [0.1, 0.15) is 39.3 Å². The van der Waals surface area contributed by atoms with Gasteiger partial charge in [0.25, 0.3) is 11.8 Å². The van der Waals surface area contributed by atoms with Crippen LogP contribution >= 0.6 is 11.3 Å². The lowest BCUT2D eigenvalue weighted by Crippen LogP contribution is -2.35. The fraction of sp³-hybridized carbons (Fsp3) is 0.238. The Labute approximate surface area is 164 Å². The fourth-order valence-corrected chi connectivity index (χ4v) is 4.33. The maximum Gasteiger partial charge on any atom is 0.263 e. The highest BCUT2D eigenvalue weighted by molar-refractivity contribution is 7.20. The molecular formula is C21H18F2N2O2S. The van der Waals surface area contributed by atoms with Gasteiger partial charge >= 0.3 is 0 Å². The minimum atomic E-state index is -1.07. The second-order valence-corrected chi connectivity index (χ2v) is 7.88. The third-order valence-corrected chi connectivity index (χ3v) is 5.91. The number of piperidine rings is 1. The summed E-state index contributed by atoms with van der Waals surface area (Å²) in [5.74, 6) is -2.55. The van der Waals surface area contributed by atoms with Crippen molar-refractivity contribution < 1.29 is 18.4 Å². The minimum Gasteiger partial charge on any atom is -0.338 e. The van der Waals surface area contributed by atoms with Crippen LogP contribution in [0.3, 0.4) is 0 Å². The topological polar surface area (TPSA) is 49.4 Å².